The molecule has 0 atom stereocenters. The van der Waals surface area contributed by atoms with Gasteiger partial charge in [0.25, 0.3) is 11.1 Å². The third-order valence-electron chi connectivity index (χ3n) is 17.2. The molecule has 2 amide bonds. The third-order valence-corrected chi connectivity index (χ3v) is 18.6. The predicted octanol–water partition coefficient (Wildman–Crippen LogP) is 11.4. The summed E-state index contributed by atoms with van der Waals surface area (Å²) in [5.41, 5.74) is 18.3. The zero-order chi connectivity index (χ0) is 75.9. The fourth-order valence-corrected chi connectivity index (χ4v) is 12.7. The maximum Gasteiger partial charge on any atom is 0.263 e. The minimum Gasteiger partial charge on any atom is -0.508 e. The number of hydrogen-bond donors (Lipinski definition) is 4. The summed E-state index contributed by atoms with van der Waals surface area (Å²) in [5.74, 6) is 10.5. The molecule has 6 aromatic heterocycles. The van der Waals surface area contributed by atoms with E-state index in [0.29, 0.717) is 183 Å². The molecule has 0 radical (unpaired) electrons. The molecule has 12 aromatic rings. The Labute approximate surface area is 658 Å². The first-order valence-corrected chi connectivity index (χ1v) is 35.6. The molecular formula is C78H80BrCl2IN16O10. The molecular weight excluding hydrogens is 1600 g/mol. The number of hydrogen-bond acceptors (Lipinski definition) is 20. The van der Waals surface area contributed by atoms with Crippen molar-refractivity contribution in [1.29, 1.82) is 0 Å². The van der Waals surface area contributed by atoms with Crippen molar-refractivity contribution in [1.82, 2.24) is 68.4 Å². The van der Waals surface area contributed by atoms with Crippen LogP contribution in [0.4, 0.5) is 11.6 Å². The van der Waals surface area contributed by atoms with E-state index in [0.717, 1.165) is 17.5 Å². The van der Waals surface area contributed by atoms with Gasteiger partial charge in [-0.3, -0.25) is 28.3 Å². The number of methoxy groups -OCH3 is 4. The van der Waals surface area contributed by atoms with Crippen LogP contribution in [0.2, 0.25) is 10.0 Å². The number of benzene rings is 6. The van der Waals surface area contributed by atoms with Gasteiger partial charge in [0, 0.05) is 112 Å². The molecule has 0 aliphatic carbocycles. The highest BCUT2D eigenvalue weighted by Gasteiger charge is 2.25. The Kier molecular flexibility index (Phi) is 30.2. The van der Waals surface area contributed by atoms with Gasteiger partial charge in [-0.15, -0.1) is 36.3 Å². The van der Waals surface area contributed by atoms with Gasteiger partial charge in [0.2, 0.25) is 11.8 Å². The first kappa shape index (κ1) is 81.7. The number of anilines is 2. The minimum atomic E-state index is -0.296. The number of nitrogens with zero attached hydrogens (tertiary/aromatic N) is 14. The van der Waals surface area contributed by atoms with Crippen molar-refractivity contribution in [3.63, 3.8) is 0 Å². The number of ether oxygens (including phenoxy) is 4. The van der Waals surface area contributed by atoms with Crippen LogP contribution in [-0.4, -0.2) is 171 Å². The second-order valence-electron chi connectivity index (χ2n) is 24.3. The Morgan fingerprint density at radius 2 is 0.972 bits per heavy atom. The van der Waals surface area contributed by atoms with Gasteiger partial charge in [-0.25, -0.2) is 39.3 Å². The third kappa shape index (κ3) is 20.4. The maximum atomic E-state index is 14.5. The molecule has 560 valence electrons. The Balaban J connectivity index is 0.000000212. The number of carbonyl (C=O) groups excluding carboxylic acids is 2. The van der Waals surface area contributed by atoms with Crippen molar-refractivity contribution in [3.8, 4) is 58.2 Å². The molecule has 0 aliphatic heterocycles. The lowest BCUT2D eigenvalue weighted by atomic mass is 10.1. The van der Waals surface area contributed by atoms with E-state index in [9.17, 15) is 29.4 Å². The number of phenolic OH excluding ortho intramolecular Hbond substituents is 2. The van der Waals surface area contributed by atoms with Crippen LogP contribution in [-0.2, 0) is 54.7 Å². The molecule has 12 rings (SSSR count). The van der Waals surface area contributed by atoms with Gasteiger partial charge in [-0.2, -0.15) is 10.2 Å². The molecule has 0 saturated carbocycles. The normalized spacial score (nSPS) is 10.9. The molecule has 30 heteroatoms. The van der Waals surface area contributed by atoms with Crippen molar-refractivity contribution in [2.75, 3.05) is 92.5 Å². The predicted molar refractivity (Wildman–Crippen MR) is 432 cm³/mol. The highest BCUT2D eigenvalue weighted by Crippen LogP contribution is 2.35. The highest BCUT2D eigenvalue weighted by molar-refractivity contribution is 14.0. The molecule has 26 nitrogen and oxygen atoms in total. The number of aromatic hydroxyl groups is 2. The number of unbranched alkanes of at least 4 members (excludes halogenated alkanes) is 2. The number of rotatable bonds is 28. The quantitative estimate of drug-likeness (QED) is 0.0201. The van der Waals surface area contributed by atoms with Crippen LogP contribution in [0.3, 0.4) is 0 Å². The summed E-state index contributed by atoms with van der Waals surface area (Å²) in [7, 11) is 6.45. The van der Waals surface area contributed by atoms with E-state index in [1.54, 1.807) is 130 Å². The molecule has 6 aromatic carbocycles. The Hall–Kier alpha value is -10.4. The van der Waals surface area contributed by atoms with Crippen molar-refractivity contribution in [3.05, 3.63) is 210 Å². The van der Waals surface area contributed by atoms with E-state index >= 15 is 0 Å². The maximum absolute atomic E-state index is 14.5. The molecule has 0 spiro atoms. The summed E-state index contributed by atoms with van der Waals surface area (Å²) in [5, 5.41) is 32.8. The summed E-state index contributed by atoms with van der Waals surface area (Å²) in [6.07, 6.45) is 11.1. The van der Waals surface area contributed by atoms with E-state index in [-0.39, 0.29) is 96.2 Å². The van der Waals surface area contributed by atoms with E-state index in [1.807, 2.05) is 60.7 Å². The standard InChI is InChI=1S/C39H39ClN8O5.C27H19BrClN7O2.C12H21NO3.HI/c1-52-20-18-46(19-21-53-2)33(50)17-5-3-4-10-26-12-9-16-31-34(26)39(51)47(23-28-11-6-7-15-30(28)40)32(44-31)24-48-38-35(37(41)42-25-43-38)36(45-48)27-13-8-14-29(49)22-27;28-18-8-4-10-20-22(18)27(38)35(12-16-5-1-2-9-19(16)29)21(33-20)13-36-26-23(25(30)31-14-32-26)24(34-36)15-6-3-7-17(37)11-15;1-4-5-6-7-12(14)13(8-10-15-2)9-11-16-3;/h6-9,11-16,22,25,49H,3,5,17-21,23-24H2,1-2H3,(H2,41,42,43);1-11,14,37H,12-13H2,(H2,30,31,32);1H,5-11H2,2-3H3;1H. The van der Waals surface area contributed by atoms with Gasteiger partial charge in [0.1, 0.15) is 71.9 Å². The zero-order valence-corrected chi connectivity index (χ0v) is 65.2. The van der Waals surface area contributed by atoms with Crippen LogP contribution in [0, 0.1) is 24.2 Å². The lowest BCUT2D eigenvalue weighted by Crippen LogP contribution is -2.36. The smallest absolute Gasteiger partial charge is 0.263 e. The topological polar surface area (TPSA) is 327 Å². The average Bonchev–Trinajstić information content (AvgIpc) is 1.46. The van der Waals surface area contributed by atoms with Crippen molar-refractivity contribution in [2.24, 2.45) is 0 Å². The molecule has 6 N–H and O–H groups in total. The van der Waals surface area contributed by atoms with E-state index in [2.05, 4.69) is 53.6 Å². The van der Waals surface area contributed by atoms with Crippen LogP contribution in [0.1, 0.15) is 66.9 Å². The van der Waals surface area contributed by atoms with Gasteiger partial charge >= 0.3 is 0 Å². The Morgan fingerprint density at radius 3 is 1.42 bits per heavy atom. The van der Waals surface area contributed by atoms with E-state index in [4.69, 9.17) is 80.2 Å². The fraction of sp³-hybridized carbons (Fsp3) is 0.282. The summed E-state index contributed by atoms with van der Waals surface area (Å²) in [6, 6.07) is 38.9. The van der Waals surface area contributed by atoms with Crippen LogP contribution in [0.15, 0.2) is 160 Å². The van der Waals surface area contributed by atoms with Crippen LogP contribution in [0.25, 0.3) is 66.4 Å². The number of phenols is 2. The number of carbonyl (C=O) groups is 2. The van der Waals surface area contributed by atoms with Crippen molar-refractivity contribution in [2.45, 2.75) is 64.7 Å². The lowest BCUT2D eigenvalue weighted by molar-refractivity contribution is -0.133. The lowest BCUT2D eigenvalue weighted by Gasteiger charge is -2.21. The second-order valence-corrected chi connectivity index (χ2v) is 26.0. The Bertz CT molecular complexity index is 5370. The van der Waals surface area contributed by atoms with Gasteiger partial charge in [0.05, 0.1) is 72.1 Å². The summed E-state index contributed by atoms with van der Waals surface area (Å²) < 4.78 is 27.3. The van der Waals surface area contributed by atoms with Gasteiger partial charge in [-0.05, 0) is 101 Å². The number of nitrogens with two attached hydrogens (primary N) is 2. The number of terminal acetylenes is 1. The summed E-state index contributed by atoms with van der Waals surface area (Å²) in [6.45, 7) is 4.71. The van der Waals surface area contributed by atoms with Crippen LogP contribution in [0.5, 0.6) is 11.5 Å². The second kappa shape index (κ2) is 40.0. The molecule has 108 heavy (non-hydrogen) atoms. The molecule has 0 aliphatic rings. The van der Waals surface area contributed by atoms with E-state index in [1.165, 1.54) is 12.7 Å². The first-order valence-electron chi connectivity index (χ1n) is 34.1. The SMILES string of the molecule is C#CCCCC(=O)N(CCOC)CCOC.COCCN(CCOC)C(=O)CCCC#Cc1cccc2nc(Cn3nc(-c4cccc(O)c4)c4c(N)ncnc43)n(Cc3ccccc3Cl)c(=O)c12.I.Nc1ncnc2c1c(-c1cccc(O)c1)nn2Cc1nc2cccc(Br)c2c(=O)n1Cc1ccccc1Cl. The van der Waals surface area contributed by atoms with Gasteiger partial charge < -0.3 is 50.4 Å². The number of amides is 2. The average molecular weight is 1680 g/mol. The van der Waals surface area contributed by atoms with Crippen LogP contribution < -0.4 is 22.6 Å². The van der Waals surface area contributed by atoms with Crippen molar-refractivity contribution < 1.29 is 38.7 Å². The summed E-state index contributed by atoms with van der Waals surface area (Å²) >= 11 is 16.5. The molecule has 6 heterocycles. The first-order chi connectivity index (χ1) is 51.9. The molecule has 0 saturated heterocycles. The zero-order valence-electron chi connectivity index (χ0n) is 59.8. The number of aromatic nitrogens is 12. The monoisotopic (exact) mass is 1680 g/mol. The largest absolute Gasteiger partial charge is 0.508 e. The minimum absolute atomic E-state index is 0. The van der Waals surface area contributed by atoms with Crippen LogP contribution >= 0.6 is 63.1 Å². The van der Waals surface area contributed by atoms with Gasteiger partial charge in [0.15, 0.2) is 11.3 Å². The summed E-state index contributed by atoms with van der Waals surface area (Å²) in [4.78, 5) is 83.5. The molecule has 0 fully saturated rings. The van der Waals surface area contributed by atoms with E-state index < -0.39 is 0 Å². The molecule has 0 unspecified atom stereocenters. The number of halogens is 4. The molecule has 0 bridgehead atoms. The van der Waals surface area contributed by atoms with Crippen molar-refractivity contribution >= 4 is 130 Å². The highest BCUT2D eigenvalue weighted by atomic mass is 127. The number of nitrogen functional groups attached to an aromatic ring is 2. The van der Waals surface area contributed by atoms with Gasteiger partial charge in [-0.1, -0.05) is 108 Å². The fourth-order valence-electron chi connectivity index (χ4n) is 11.8. The number of fused-ring (bicyclic) bond motifs is 4. The Morgan fingerprint density at radius 1 is 0.546 bits per heavy atom.